The predicted octanol–water partition coefficient (Wildman–Crippen LogP) is 2.98. The van der Waals surface area contributed by atoms with Gasteiger partial charge in [-0.2, -0.15) is 0 Å². The number of nitrogens with zero attached hydrogens (tertiary/aromatic N) is 1. The molecule has 0 unspecified atom stereocenters. The van der Waals surface area contributed by atoms with Gasteiger partial charge in [0, 0.05) is 32.2 Å². The molecular weight excluding hydrogens is 283 g/mol. The van der Waals surface area contributed by atoms with Gasteiger partial charge >= 0.3 is 0 Å². The third-order valence-electron chi connectivity index (χ3n) is 3.41. The first-order valence-corrected chi connectivity index (χ1v) is 6.55. The highest BCUT2D eigenvalue weighted by atomic mass is 35.5. The molecule has 0 aliphatic carbocycles. The summed E-state index contributed by atoms with van der Waals surface area (Å²) in [5.41, 5.74) is 1.24. The number of benzene rings is 1. The molecule has 3 nitrogen and oxygen atoms in total. The summed E-state index contributed by atoms with van der Waals surface area (Å²) in [5.74, 6) is 0.374. The number of hydrogen-bond acceptors (Lipinski definition) is 3. The Hall–Kier alpha value is -0.480. The Labute approximate surface area is 128 Å². The number of halogens is 2. The SMILES string of the molecule is CCC[C@H](c1cccc(O)c1)N1CCNCC1.Cl.Cl. The summed E-state index contributed by atoms with van der Waals surface area (Å²) in [6.45, 7) is 6.55. The number of piperazine rings is 1. The van der Waals surface area contributed by atoms with Crippen LogP contribution in [0, 0.1) is 0 Å². The minimum Gasteiger partial charge on any atom is -0.508 e. The number of phenolic OH excluding ortho intramolecular Hbond substituents is 1. The Bertz CT molecular complexity index is 357. The van der Waals surface area contributed by atoms with Crippen LogP contribution in [0.15, 0.2) is 24.3 Å². The summed E-state index contributed by atoms with van der Waals surface area (Å²) in [5, 5.41) is 13.0. The Balaban J connectivity index is 0.00000162. The summed E-state index contributed by atoms with van der Waals surface area (Å²) < 4.78 is 0. The van der Waals surface area contributed by atoms with Crippen molar-refractivity contribution in [2.75, 3.05) is 26.2 Å². The van der Waals surface area contributed by atoms with Crippen LogP contribution < -0.4 is 5.32 Å². The lowest BCUT2D eigenvalue weighted by Gasteiger charge is -2.35. The topological polar surface area (TPSA) is 35.5 Å². The van der Waals surface area contributed by atoms with Gasteiger partial charge in [0.25, 0.3) is 0 Å². The average molecular weight is 307 g/mol. The summed E-state index contributed by atoms with van der Waals surface area (Å²) in [4.78, 5) is 2.52. The normalized spacial score (nSPS) is 17.1. The minimum atomic E-state index is 0. The van der Waals surface area contributed by atoms with Gasteiger partial charge in [-0.15, -0.1) is 24.8 Å². The monoisotopic (exact) mass is 306 g/mol. The average Bonchev–Trinajstić information content (AvgIpc) is 2.37. The molecule has 1 saturated heterocycles. The molecule has 1 fully saturated rings. The van der Waals surface area contributed by atoms with Gasteiger partial charge in [0.1, 0.15) is 5.75 Å². The van der Waals surface area contributed by atoms with Crippen LogP contribution in [0.1, 0.15) is 31.4 Å². The Kier molecular flexibility index (Phi) is 9.19. The predicted molar refractivity (Wildman–Crippen MR) is 84.7 cm³/mol. The van der Waals surface area contributed by atoms with Crippen LogP contribution in [0.3, 0.4) is 0 Å². The number of hydrogen-bond donors (Lipinski definition) is 2. The summed E-state index contributed by atoms with van der Waals surface area (Å²) >= 11 is 0. The lowest BCUT2D eigenvalue weighted by atomic mass is 9.99. The molecule has 1 atom stereocenters. The maximum Gasteiger partial charge on any atom is 0.115 e. The van der Waals surface area contributed by atoms with Crippen LogP contribution in [0.4, 0.5) is 0 Å². The molecule has 1 aliphatic heterocycles. The zero-order valence-electron chi connectivity index (χ0n) is 11.3. The van der Waals surface area contributed by atoms with Crippen LogP contribution in [0.5, 0.6) is 5.75 Å². The fourth-order valence-electron chi connectivity index (χ4n) is 2.56. The van der Waals surface area contributed by atoms with E-state index in [0.717, 1.165) is 32.6 Å². The van der Waals surface area contributed by atoms with Crippen molar-refractivity contribution in [2.45, 2.75) is 25.8 Å². The molecule has 0 aromatic heterocycles. The molecule has 19 heavy (non-hydrogen) atoms. The highest BCUT2D eigenvalue weighted by molar-refractivity contribution is 5.85. The van der Waals surface area contributed by atoms with Gasteiger partial charge in [-0.3, -0.25) is 4.90 Å². The molecule has 1 aliphatic rings. The first-order chi connectivity index (χ1) is 8.31. The number of aromatic hydroxyl groups is 1. The van der Waals surface area contributed by atoms with E-state index in [4.69, 9.17) is 0 Å². The van der Waals surface area contributed by atoms with Gasteiger partial charge in [-0.25, -0.2) is 0 Å². The van der Waals surface area contributed by atoms with Crippen LogP contribution >= 0.6 is 24.8 Å². The zero-order valence-corrected chi connectivity index (χ0v) is 13.0. The Morgan fingerprint density at radius 3 is 2.53 bits per heavy atom. The van der Waals surface area contributed by atoms with Crippen LogP contribution in [-0.4, -0.2) is 36.2 Å². The maximum atomic E-state index is 9.60. The van der Waals surface area contributed by atoms with Crippen molar-refractivity contribution >= 4 is 24.8 Å². The molecule has 1 aromatic carbocycles. The van der Waals surface area contributed by atoms with Crippen molar-refractivity contribution in [1.82, 2.24) is 10.2 Å². The highest BCUT2D eigenvalue weighted by Gasteiger charge is 2.21. The van der Waals surface area contributed by atoms with E-state index in [-0.39, 0.29) is 24.8 Å². The summed E-state index contributed by atoms with van der Waals surface area (Å²) in [7, 11) is 0. The first-order valence-electron chi connectivity index (χ1n) is 6.55. The highest BCUT2D eigenvalue weighted by Crippen LogP contribution is 2.28. The minimum absolute atomic E-state index is 0. The van der Waals surface area contributed by atoms with Gasteiger partial charge in [0.2, 0.25) is 0 Å². The second kappa shape index (κ2) is 9.43. The fourth-order valence-corrected chi connectivity index (χ4v) is 2.56. The number of rotatable bonds is 4. The van der Waals surface area contributed by atoms with Gasteiger partial charge in [0.05, 0.1) is 0 Å². The summed E-state index contributed by atoms with van der Waals surface area (Å²) in [6, 6.07) is 8.17. The lowest BCUT2D eigenvalue weighted by Crippen LogP contribution is -2.45. The van der Waals surface area contributed by atoms with Crippen LogP contribution in [-0.2, 0) is 0 Å². The van der Waals surface area contributed by atoms with E-state index in [9.17, 15) is 5.11 Å². The Morgan fingerprint density at radius 2 is 1.95 bits per heavy atom. The molecule has 0 amide bonds. The number of phenols is 1. The number of nitrogens with one attached hydrogen (secondary N) is 1. The van der Waals surface area contributed by atoms with Crippen LogP contribution in [0.2, 0.25) is 0 Å². The second-order valence-corrected chi connectivity index (χ2v) is 4.69. The third-order valence-corrected chi connectivity index (χ3v) is 3.41. The molecule has 0 saturated carbocycles. The van der Waals surface area contributed by atoms with E-state index in [1.807, 2.05) is 12.1 Å². The maximum absolute atomic E-state index is 9.60. The molecular formula is C14H24Cl2N2O. The van der Waals surface area contributed by atoms with Gasteiger partial charge in [-0.05, 0) is 24.1 Å². The summed E-state index contributed by atoms with van der Waals surface area (Å²) in [6.07, 6.45) is 2.33. The van der Waals surface area contributed by atoms with Gasteiger partial charge in [-0.1, -0.05) is 25.5 Å². The molecule has 2 rings (SSSR count). The van der Waals surface area contributed by atoms with E-state index < -0.39 is 0 Å². The van der Waals surface area contributed by atoms with Crippen LogP contribution in [0.25, 0.3) is 0 Å². The Morgan fingerprint density at radius 1 is 1.26 bits per heavy atom. The van der Waals surface area contributed by atoms with Crippen molar-refractivity contribution < 1.29 is 5.11 Å². The van der Waals surface area contributed by atoms with Crippen molar-refractivity contribution in [3.05, 3.63) is 29.8 Å². The van der Waals surface area contributed by atoms with Crippen molar-refractivity contribution in [3.63, 3.8) is 0 Å². The van der Waals surface area contributed by atoms with Gasteiger partial charge < -0.3 is 10.4 Å². The third kappa shape index (κ3) is 5.19. The molecule has 1 heterocycles. The quantitative estimate of drug-likeness (QED) is 0.897. The molecule has 5 heteroatoms. The van der Waals surface area contributed by atoms with Crippen molar-refractivity contribution in [2.24, 2.45) is 0 Å². The molecule has 110 valence electrons. The molecule has 0 spiro atoms. The molecule has 0 radical (unpaired) electrons. The van der Waals surface area contributed by atoms with E-state index in [2.05, 4.69) is 23.2 Å². The standard InChI is InChI=1S/C14H22N2O.2ClH/c1-2-4-14(16-9-7-15-8-10-16)12-5-3-6-13(17)11-12;;/h3,5-6,11,14-15,17H,2,4,7-10H2,1H3;2*1H/t14-;;/m1../s1. The second-order valence-electron chi connectivity index (χ2n) is 4.69. The first kappa shape index (κ1) is 18.5. The largest absolute Gasteiger partial charge is 0.508 e. The molecule has 0 bridgehead atoms. The lowest BCUT2D eigenvalue weighted by molar-refractivity contribution is 0.164. The van der Waals surface area contributed by atoms with E-state index in [1.54, 1.807) is 6.07 Å². The van der Waals surface area contributed by atoms with E-state index in [1.165, 1.54) is 12.0 Å². The zero-order chi connectivity index (χ0) is 12.1. The van der Waals surface area contributed by atoms with E-state index >= 15 is 0 Å². The molecule has 1 aromatic rings. The van der Waals surface area contributed by atoms with E-state index in [0.29, 0.717) is 11.8 Å². The van der Waals surface area contributed by atoms with Gasteiger partial charge in [0.15, 0.2) is 0 Å². The fraction of sp³-hybridized carbons (Fsp3) is 0.571. The van der Waals surface area contributed by atoms with Crippen molar-refractivity contribution in [3.8, 4) is 5.75 Å². The van der Waals surface area contributed by atoms with Crippen molar-refractivity contribution in [1.29, 1.82) is 0 Å². The molecule has 2 N–H and O–H groups in total. The smallest absolute Gasteiger partial charge is 0.115 e.